The van der Waals surface area contributed by atoms with Crippen molar-refractivity contribution in [1.82, 2.24) is 4.90 Å². The number of rotatable bonds is 1. The molecule has 0 bridgehead atoms. The van der Waals surface area contributed by atoms with Crippen LogP contribution < -0.4 is 0 Å². The number of likely N-dealkylation sites (tertiary alicyclic amines) is 1. The molecule has 1 saturated heterocycles. The molecular formula is C15H18INO. The quantitative estimate of drug-likeness (QED) is 0.707. The Kier molecular flexibility index (Phi) is 3.34. The molecule has 0 spiro atoms. The molecule has 3 heteroatoms. The van der Waals surface area contributed by atoms with Gasteiger partial charge in [0.15, 0.2) is 0 Å². The predicted octanol–water partition coefficient (Wildman–Crippen LogP) is 3.47. The number of hydrogen-bond acceptors (Lipinski definition) is 1. The molecule has 2 nitrogen and oxygen atoms in total. The highest BCUT2D eigenvalue weighted by Crippen LogP contribution is 2.38. The molecule has 1 aromatic carbocycles. The first-order chi connectivity index (χ1) is 8.66. The van der Waals surface area contributed by atoms with Crippen molar-refractivity contribution in [2.24, 2.45) is 11.8 Å². The molecule has 2 fully saturated rings. The van der Waals surface area contributed by atoms with Gasteiger partial charge in [-0.25, -0.2) is 0 Å². The fraction of sp³-hybridized carbons (Fsp3) is 0.533. The van der Waals surface area contributed by atoms with Gasteiger partial charge in [-0.3, -0.25) is 4.79 Å². The highest BCUT2D eigenvalue weighted by Gasteiger charge is 2.38. The van der Waals surface area contributed by atoms with Crippen molar-refractivity contribution in [2.45, 2.75) is 26.2 Å². The van der Waals surface area contributed by atoms with Crippen LogP contribution in [0.3, 0.4) is 0 Å². The van der Waals surface area contributed by atoms with Crippen LogP contribution in [0, 0.1) is 22.3 Å². The third kappa shape index (κ3) is 2.06. The van der Waals surface area contributed by atoms with Gasteiger partial charge in [-0.2, -0.15) is 0 Å². The largest absolute Gasteiger partial charge is 0.338 e. The van der Waals surface area contributed by atoms with E-state index in [-0.39, 0.29) is 5.91 Å². The molecule has 2 atom stereocenters. The minimum Gasteiger partial charge on any atom is -0.338 e. The molecule has 2 aliphatic rings. The van der Waals surface area contributed by atoms with Crippen molar-refractivity contribution in [3.8, 4) is 0 Å². The maximum Gasteiger partial charge on any atom is 0.254 e. The summed E-state index contributed by atoms with van der Waals surface area (Å²) in [5, 5.41) is 0. The summed E-state index contributed by atoms with van der Waals surface area (Å²) in [5.74, 6) is 1.78. The van der Waals surface area contributed by atoms with Gasteiger partial charge >= 0.3 is 0 Å². The summed E-state index contributed by atoms with van der Waals surface area (Å²) < 4.78 is 1.11. The molecule has 1 aromatic rings. The SMILES string of the molecule is Cc1cccc(C(=O)N2CC3CCCC3C2)c1I. The molecule has 2 unspecified atom stereocenters. The predicted molar refractivity (Wildman–Crippen MR) is 80.6 cm³/mol. The molecule has 3 rings (SSSR count). The van der Waals surface area contributed by atoms with E-state index in [0.717, 1.165) is 34.1 Å². The second-order valence-electron chi connectivity index (χ2n) is 5.60. The number of carbonyl (C=O) groups excluding carboxylic acids is 1. The summed E-state index contributed by atoms with van der Waals surface area (Å²) in [7, 11) is 0. The van der Waals surface area contributed by atoms with Gasteiger partial charge in [0.05, 0.1) is 5.56 Å². The molecule has 1 saturated carbocycles. The summed E-state index contributed by atoms with van der Waals surface area (Å²) in [6.07, 6.45) is 4.00. The van der Waals surface area contributed by atoms with Crippen LogP contribution >= 0.6 is 22.6 Å². The first-order valence-corrected chi connectivity index (χ1v) is 7.79. The van der Waals surface area contributed by atoms with E-state index >= 15 is 0 Å². The number of hydrogen-bond donors (Lipinski definition) is 0. The van der Waals surface area contributed by atoms with Gasteiger partial charge in [0, 0.05) is 16.7 Å². The van der Waals surface area contributed by atoms with Gasteiger partial charge < -0.3 is 4.90 Å². The smallest absolute Gasteiger partial charge is 0.254 e. The third-order valence-corrected chi connectivity index (χ3v) is 5.87. The highest BCUT2D eigenvalue weighted by atomic mass is 127. The summed E-state index contributed by atoms with van der Waals surface area (Å²) >= 11 is 2.29. The summed E-state index contributed by atoms with van der Waals surface area (Å²) in [6, 6.07) is 6.02. The Morgan fingerprint density at radius 3 is 2.61 bits per heavy atom. The van der Waals surface area contributed by atoms with Gasteiger partial charge in [-0.05, 0) is 65.8 Å². The molecular weight excluding hydrogens is 337 g/mol. The van der Waals surface area contributed by atoms with Crippen molar-refractivity contribution < 1.29 is 4.79 Å². The molecule has 96 valence electrons. The number of halogens is 1. The van der Waals surface area contributed by atoms with Crippen LogP contribution in [-0.4, -0.2) is 23.9 Å². The third-order valence-electron chi connectivity index (χ3n) is 4.44. The second-order valence-corrected chi connectivity index (χ2v) is 6.68. The average molecular weight is 355 g/mol. The van der Waals surface area contributed by atoms with E-state index in [2.05, 4.69) is 40.5 Å². The van der Waals surface area contributed by atoms with E-state index in [4.69, 9.17) is 0 Å². The number of nitrogens with zero attached hydrogens (tertiary/aromatic N) is 1. The molecule has 1 aliphatic carbocycles. The van der Waals surface area contributed by atoms with Crippen molar-refractivity contribution in [2.75, 3.05) is 13.1 Å². The van der Waals surface area contributed by atoms with Crippen LogP contribution in [0.25, 0.3) is 0 Å². The lowest BCUT2D eigenvalue weighted by molar-refractivity contribution is 0.0779. The normalized spacial score (nSPS) is 26.4. The molecule has 0 aromatic heterocycles. The number of amides is 1. The zero-order valence-electron chi connectivity index (χ0n) is 10.7. The Morgan fingerprint density at radius 2 is 1.94 bits per heavy atom. The van der Waals surface area contributed by atoms with Crippen molar-refractivity contribution in [1.29, 1.82) is 0 Å². The lowest BCUT2D eigenvalue weighted by Crippen LogP contribution is -2.30. The van der Waals surface area contributed by atoms with Gasteiger partial charge in [0.2, 0.25) is 0 Å². The first kappa shape index (κ1) is 12.5. The van der Waals surface area contributed by atoms with Crippen LogP contribution in [0.5, 0.6) is 0 Å². The van der Waals surface area contributed by atoms with Crippen LogP contribution in [0.2, 0.25) is 0 Å². The Balaban J connectivity index is 1.81. The fourth-order valence-corrected chi connectivity index (χ4v) is 3.97. The lowest BCUT2D eigenvalue weighted by Gasteiger charge is -2.18. The van der Waals surface area contributed by atoms with E-state index in [1.54, 1.807) is 0 Å². The summed E-state index contributed by atoms with van der Waals surface area (Å²) in [4.78, 5) is 14.6. The minimum absolute atomic E-state index is 0.234. The van der Waals surface area contributed by atoms with Crippen molar-refractivity contribution in [3.05, 3.63) is 32.9 Å². The van der Waals surface area contributed by atoms with Crippen molar-refractivity contribution in [3.63, 3.8) is 0 Å². The Hall–Kier alpha value is -0.580. The lowest BCUT2D eigenvalue weighted by atomic mass is 10.0. The zero-order valence-corrected chi connectivity index (χ0v) is 12.8. The van der Waals surface area contributed by atoms with E-state index < -0.39 is 0 Å². The number of aryl methyl sites for hydroxylation is 1. The van der Waals surface area contributed by atoms with Gasteiger partial charge in [0.1, 0.15) is 0 Å². The highest BCUT2D eigenvalue weighted by molar-refractivity contribution is 14.1. The van der Waals surface area contributed by atoms with Gasteiger partial charge in [-0.1, -0.05) is 18.6 Å². The standard InChI is InChI=1S/C15H18INO/c1-10-4-2-7-13(14(10)16)15(18)17-8-11-5-3-6-12(11)9-17/h2,4,7,11-12H,3,5-6,8-9H2,1H3. The molecule has 0 N–H and O–H groups in total. The number of benzene rings is 1. The second kappa shape index (κ2) is 4.83. The maximum atomic E-state index is 12.6. The van der Waals surface area contributed by atoms with E-state index in [1.807, 2.05) is 12.1 Å². The van der Waals surface area contributed by atoms with E-state index in [0.29, 0.717) is 0 Å². The Labute approximate surface area is 122 Å². The van der Waals surface area contributed by atoms with Crippen LogP contribution in [-0.2, 0) is 0 Å². The van der Waals surface area contributed by atoms with Crippen LogP contribution in [0.1, 0.15) is 35.2 Å². The molecule has 0 radical (unpaired) electrons. The number of fused-ring (bicyclic) bond motifs is 1. The van der Waals surface area contributed by atoms with Gasteiger partial charge in [-0.15, -0.1) is 0 Å². The zero-order chi connectivity index (χ0) is 12.7. The number of carbonyl (C=O) groups is 1. The molecule has 1 amide bonds. The summed E-state index contributed by atoms with van der Waals surface area (Å²) in [6.45, 7) is 4.03. The molecule has 18 heavy (non-hydrogen) atoms. The van der Waals surface area contributed by atoms with E-state index in [1.165, 1.54) is 24.8 Å². The van der Waals surface area contributed by atoms with Crippen molar-refractivity contribution >= 4 is 28.5 Å². The van der Waals surface area contributed by atoms with E-state index in [9.17, 15) is 4.79 Å². The Bertz CT molecular complexity index is 473. The molecule has 1 aliphatic heterocycles. The average Bonchev–Trinajstić information content (AvgIpc) is 2.92. The first-order valence-electron chi connectivity index (χ1n) is 6.71. The maximum absolute atomic E-state index is 12.6. The fourth-order valence-electron chi connectivity index (χ4n) is 3.38. The summed E-state index contributed by atoms with van der Waals surface area (Å²) in [5.41, 5.74) is 2.08. The monoisotopic (exact) mass is 355 g/mol. The van der Waals surface area contributed by atoms with Gasteiger partial charge in [0.25, 0.3) is 5.91 Å². The van der Waals surface area contributed by atoms with Crippen LogP contribution in [0.4, 0.5) is 0 Å². The molecule has 1 heterocycles. The minimum atomic E-state index is 0.234. The Morgan fingerprint density at radius 1 is 1.28 bits per heavy atom. The van der Waals surface area contributed by atoms with Crippen LogP contribution in [0.15, 0.2) is 18.2 Å². The topological polar surface area (TPSA) is 20.3 Å².